The number of aliphatic hydroxyl groups excluding tert-OH is 2. The summed E-state index contributed by atoms with van der Waals surface area (Å²) in [7, 11) is 0. The fraction of sp³-hybridized carbons (Fsp3) is 0.250. The van der Waals surface area contributed by atoms with E-state index in [-0.39, 0.29) is 18.9 Å². The van der Waals surface area contributed by atoms with Crippen molar-refractivity contribution in [1.29, 1.82) is 0 Å². The minimum atomic E-state index is -0.480. The molecule has 78 valence electrons. The van der Waals surface area contributed by atoms with Crippen molar-refractivity contribution in [3.8, 4) is 0 Å². The second-order valence-corrected chi connectivity index (χ2v) is 2.62. The molecular weight excluding hydrogens is 210 g/mol. The van der Waals surface area contributed by atoms with Crippen LogP contribution in [-0.4, -0.2) is 28.4 Å². The first-order valence-corrected chi connectivity index (χ1v) is 4.11. The van der Waals surface area contributed by atoms with Gasteiger partial charge < -0.3 is 10.2 Å². The lowest BCUT2D eigenvalue weighted by atomic mass is 10.3. The molecule has 5 nitrogen and oxygen atoms in total. The molecule has 0 saturated heterocycles. The summed E-state index contributed by atoms with van der Waals surface area (Å²) >= 11 is 5.48. The summed E-state index contributed by atoms with van der Waals surface area (Å²) in [4.78, 5) is 9.62. The van der Waals surface area contributed by atoms with Gasteiger partial charge in [-0.25, -0.2) is 0 Å². The van der Waals surface area contributed by atoms with Crippen LogP contribution in [-0.2, 0) is 0 Å². The lowest BCUT2D eigenvalue weighted by molar-refractivity contribution is -0.384. The molecule has 0 heterocycles. The van der Waals surface area contributed by atoms with Crippen molar-refractivity contribution in [2.24, 2.45) is 0 Å². The van der Waals surface area contributed by atoms with Crippen molar-refractivity contribution in [2.45, 2.75) is 0 Å². The van der Waals surface area contributed by atoms with Gasteiger partial charge in [0.15, 0.2) is 0 Å². The Morgan fingerprint density at radius 2 is 1.93 bits per heavy atom. The number of nitro benzene ring substituents is 1. The summed E-state index contributed by atoms with van der Waals surface area (Å²) < 4.78 is 0. The first-order chi connectivity index (χ1) is 6.61. The van der Waals surface area contributed by atoms with E-state index in [4.69, 9.17) is 21.8 Å². The van der Waals surface area contributed by atoms with Crippen LogP contribution < -0.4 is 0 Å². The molecule has 0 atom stereocenters. The Kier molecular flexibility index (Phi) is 6.65. The highest BCUT2D eigenvalue weighted by Crippen LogP contribution is 2.16. The van der Waals surface area contributed by atoms with Crippen LogP contribution in [0.15, 0.2) is 24.3 Å². The van der Waals surface area contributed by atoms with Crippen LogP contribution in [0.5, 0.6) is 0 Å². The minimum Gasteiger partial charge on any atom is -0.394 e. The normalized spacial score (nSPS) is 8.79. The largest absolute Gasteiger partial charge is 0.394 e. The number of rotatable bonds is 2. The molecule has 0 aliphatic rings. The van der Waals surface area contributed by atoms with Crippen LogP contribution in [0.25, 0.3) is 0 Å². The number of hydrogen-bond acceptors (Lipinski definition) is 4. The maximum Gasteiger partial charge on any atom is 0.270 e. The third-order valence-electron chi connectivity index (χ3n) is 1.12. The monoisotopic (exact) mass is 219 g/mol. The molecule has 1 aromatic rings. The molecule has 0 aliphatic heterocycles. The van der Waals surface area contributed by atoms with Crippen LogP contribution in [0, 0.1) is 10.1 Å². The van der Waals surface area contributed by atoms with E-state index in [1.165, 1.54) is 12.1 Å². The van der Waals surface area contributed by atoms with E-state index in [1.54, 1.807) is 12.1 Å². The Bertz CT molecular complexity index is 290. The molecule has 6 heteroatoms. The number of nitro groups is 1. The van der Waals surface area contributed by atoms with E-state index in [9.17, 15) is 10.1 Å². The van der Waals surface area contributed by atoms with E-state index >= 15 is 0 Å². The number of benzene rings is 1. The summed E-state index contributed by atoms with van der Waals surface area (Å²) in [6.45, 7) is -0.250. The quantitative estimate of drug-likeness (QED) is 0.579. The minimum absolute atomic E-state index is 0.0208. The summed E-state index contributed by atoms with van der Waals surface area (Å²) in [6, 6.07) is 5.84. The van der Waals surface area contributed by atoms with Gasteiger partial charge in [-0.15, -0.1) is 0 Å². The molecule has 0 unspecified atom stereocenters. The molecule has 0 aliphatic carbocycles. The third kappa shape index (κ3) is 5.47. The average Bonchev–Trinajstić information content (AvgIpc) is 2.18. The standard InChI is InChI=1S/C6H4ClNO2.C2H6O2/c7-5-2-1-3-6(4-5)8(9)10;3-1-2-4/h1-4H;3-4H,1-2H2. The van der Waals surface area contributed by atoms with Crippen LogP contribution >= 0.6 is 11.6 Å². The molecule has 0 aromatic heterocycles. The van der Waals surface area contributed by atoms with Gasteiger partial charge in [-0.2, -0.15) is 0 Å². The van der Waals surface area contributed by atoms with Crippen molar-refractivity contribution >= 4 is 17.3 Å². The lowest BCUT2D eigenvalue weighted by Crippen LogP contribution is -1.85. The summed E-state index contributed by atoms with van der Waals surface area (Å²) in [5.41, 5.74) is 0.0208. The van der Waals surface area contributed by atoms with Crippen LogP contribution in [0.4, 0.5) is 5.69 Å². The predicted molar refractivity (Wildman–Crippen MR) is 52.3 cm³/mol. The molecule has 0 fully saturated rings. The van der Waals surface area contributed by atoms with Crippen molar-refractivity contribution in [3.05, 3.63) is 39.4 Å². The van der Waals surface area contributed by atoms with Crippen molar-refractivity contribution in [2.75, 3.05) is 13.2 Å². The SMILES string of the molecule is O=[N+]([O-])c1cccc(Cl)c1.OCCO. The molecule has 0 saturated carbocycles. The molecule has 1 rings (SSSR count). The molecule has 1 aromatic carbocycles. The molecule has 0 amide bonds. The first-order valence-electron chi connectivity index (χ1n) is 3.73. The maximum atomic E-state index is 10.1. The smallest absolute Gasteiger partial charge is 0.270 e. The van der Waals surface area contributed by atoms with E-state index in [0.717, 1.165) is 0 Å². The Morgan fingerprint density at radius 3 is 2.21 bits per heavy atom. The second-order valence-electron chi connectivity index (χ2n) is 2.18. The Labute approximate surface area is 85.7 Å². The number of hydrogen-bond donors (Lipinski definition) is 2. The van der Waals surface area contributed by atoms with E-state index in [2.05, 4.69) is 0 Å². The molecule has 2 N–H and O–H groups in total. The fourth-order valence-corrected chi connectivity index (χ4v) is 0.774. The maximum absolute atomic E-state index is 10.1. The van der Waals surface area contributed by atoms with Gasteiger partial charge in [-0.05, 0) is 6.07 Å². The highest BCUT2D eigenvalue weighted by Gasteiger charge is 2.02. The predicted octanol–water partition coefficient (Wildman–Crippen LogP) is 1.22. The Hall–Kier alpha value is -1.17. The van der Waals surface area contributed by atoms with E-state index in [0.29, 0.717) is 5.02 Å². The molecule has 0 bridgehead atoms. The van der Waals surface area contributed by atoms with Gasteiger partial charge in [0.2, 0.25) is 0 Å². The van der Waals surface area contributed by atoms with E-state index < -0.39 is 4.92 Å². The van der Waals surface area contributed by atoms with Crippen LogP contribution in [0.1, 0.15) is 0 Å². The van der Waals surface area contributed by atoms with Crippen molar-refractivity contribution < 1.29 is 15.1 Å². The van der Waals surface area contributed by atoms with Gasteiger partial charge in [0, 0.05) is 17.2 Å². The number of aliphatic hydroxyl groups is 2. The van der Waals surface area contributed by atoms with Gasteiger partial charge in [0.1, 0.15) is 0 Å². The molecule has 0 spiro atoms. The Balaban J connectivity index is 0.000000364. The summed E-state index contributed by atoms with van der Waals surface area (Å²) in [5.74, 6) is 0. The highest BCUT2D eigenvalue weighted by molar-refractivity contribution is 6.30. The average molecular weight is 220 g/mol. The molecule has 0 radical (unpaired) electrons. The lowest BCUT2D eigenvalue weighted by Gasteiger charge is -1.89. The van der Waals surface area contributed by atoms with Crippen molar-refractivity contribution in [1.82, 2.24) is 0 Å². The molecular formula is C8H10ClNO4. The number of non-ortho nitro benzene ring substituents is 1. The van der Waals surface area contributed by atoms with Gasteiger partial charge in [0.25, 0.3) is 5.69 Å². The first kappa shape index (κ1) is 12.8. The van der Waals surface area contributed by atoms with Crippen molar-refractivity contribution in [3.63, 3.8) is 0 Å². The Morgan fingerprint density at radius 1 is 1.36 bits per heavy atom. The number of halogens is 1. The van der Waals surface area contributed by atoms with Gasteiger partial charge in [-0.1, -0.05) is 17.7 Å². The van der Waals surface area contributed by atoms with Gasteiger partial charge in [-0.3, -0.25) is 10.1 Å². The van der Waals surface area contributed by atoms with Crippen LogP contribution in [0.2, 0.25) is 5.02 Å². The third-order valence-corrected chi connectivity index (χ3v) is 1.35. The zero-order chi connectivity index (χ0) is 11.0. The molecule has 14 heavy (non-hydrogen) atoms. The highest BCUT2D eigenvalue weighted by atomic mass is 35.5. The van der Waals surface area contributed by atoms with Crippen LogP contribution in [0.3, 0.4) is 0 Å². The van der Waals surface area contributed by atoms with Gasteiger partial charge in [0.05, 0.1) is 18.1 Å². The second kappa shape index (κ2) is 7.25. The number of nitrogens with zero attached hydrogens (tertiary/aromatic N) is 1. The zero-order valence-corrected chi connectivity index (χ0v) is 8.02. The van der Waals surface area contributed by atoms with E-state index in [1.807, 2.05) is 0 Å². The van der Waals surface area contributed by atoms with Gasteiger partial charge >= 0.3 is 0 Å². The topological polar surface area (TPSA) is 83.6 Å². The summed E-state index contributed by atoms with van der Waals surface area (Å²) in [6.07, 6.45) is 0. The summed E-state index contributed by atoms with van der Waals surface area (Å²) in [5, 5.41) is 25.7. The fourth-order valence-electron chi connectivity index (χ4n) is 0.590. The zero-order valence-electron chi connectivity index (χ0n) is 7.26.